The number of hydrogen-bond acceptors (Lipinski definition) is 6. The summed E-state index contributed by atoms with van der Waals surface area (Å²) >= 11 is 0. The minimum absolute atomic E-state index is 0.272. The van der Waals surface area contributed by atoms with Crippen LogP contribution in [0.1, 0.15) is 30.0 Å². The zero-order chi connectivity index (χ0) is 17.4. The molecule has 1 N–H and O–H groups in total. The first kappa shape index (κ1) is 17.3. The lowest BCUT2D eigenvalue weighted by Crippen LogP contribution is -2.18. The Morgan fingerprint density at radius 1 is 1.08 bits per heavy atom. The summed E-state index contributed by atoms with van der Waals surface area (Å²) in [6.45, 7) is 4.07. The SMILES string of the molecule is CCOC(=O)N/N=C/c1ccc(-c2ccc(C(=O)OCC)cc2)o1. The van der Waals surface area contributed by atoms with Gasteiger partial charge in [-0.3, -0.25) is 0 Å². The lowest BCUT2D eigenvalue weighted by molar-refractivity contribution is 0.0526. The van der Waals surface area contributed by atoms with Gasteiger partial charge in [0.05, 0.1) is 25.0 Å². The van der Waals surface area contributed by atoms with Gasteiger partial charge in [0.15, 0.2) is 0 Å². The molecule has 7 heteroatoms. The molecule has 24 heavy (non-hydrogen) atoms. The second-order valence-electron chi connectivity index (χ2n) is 4.59. The predicted octanol–water partition coefficient (Wildman–Crippen LogP) is 3.20. The Morgan fingerprint density at radius 2 is 1.79 bits per heavy atom. The lowest BCUT2D eigenvalue weighted by Gasteiger charge is -2.02. The van der Waals surface area contributed by atoms with Gasteiger partial charge in [0.25, 0.3) is 0 Å². The van der Waals surface area contributed by atoms with Gasteiger partial charge in [0, 0.05) is 5.56 Å². The van der Waals surface area contributed by atoms with Crippen LogP contribution in [0.2, 0.25) is 0 Å². The fourth-order valence-corrected chi connectivity index (χ4v) is 1.87. The van der Waals surface area contributed by atoms with Crippen molar-refractivity contribution >= 4 is 18.3 Å². The first-order valence-corrected chi connectivity index (χ1v) is 7.47. The Balaban J connectivity index is 2.01. The van der Waals surface area contributed by atoms with Crippen LogP contribution in [0.5, 0.6) is 0 Å². The number of esters is 1. The number of carbonyl (C=O) groups excluding carboxylic acids is 2. The highest BCUT2D eigenvalue weighted by molar-refractivity contribution is 5.90. The van der Waals surface area contributed by atoms with Crippen LogP contribution in [-0.4, -0.2) is 31.5 Å². The Morgan fingerprint density at radius 3 is 2.46 bits per heavy atom. The van der Waals surface area contributed by atoms with Crippen molar-refractivity contribution in [3.8, 4) is 11.3 Å². The molecule has 7 nitrogen and oxygen atoms in total. The minimum Gasteiger partial charge on any atom is -0.462 e. The van der Waals surface area contributed by atoms with Gasteiger partial charge < -0.3 is 13.9 Å². The molecule has 1 heterocycles. The largest absolute Gasteiger partial charge is 0.462 e. The van der Waals surface area contributed by atoms with Gasteiger partial charge in [0.2, 0.25) is 0 Å². The zero-order valence-electron chi connectivity index (χ0n) is 13.4. The number of nitrogens with one attached hydrogen (secondary N) is 1. The van der Waals surface area contributed by atoms with E-state index in [0.29, 0.717) is 23.7 Å². The number of benzene rings is 1. The summed E-state index contributed by atoms with van der Waals surface area (Å²) in [6.07, 6.45) is 0.739. The van der Waals surface area contributed by atoms with E-state index in [0.717, 1.165) is 5.56 Å². The molecule has 0 aliphatic heterocycles. The van der Waals surface area contributed by atoms with Crippen LogP contribution in [0.15, 0.2) is 45.9 Å². The third-order valence-electron chi connectivity index (χ3n) is 2.93. The molecule has 0 bridgehead atoms. The number of nitrogens with zero attached hydrogens (tertiary/aromatic N) is 1. The number of furan rings is 1. The van der Waals surface area contributed by atoms with Gasteiger partial charge in [-0.05, 0) is 38.1 Å². The predicted molar refractivity (Wildman–Crippen MR) is 87.9 cm³/mol. The summed E-state index contributed by atoms with van der Waals surface area (Å²) in [5.74, 6) is 0.723. The highest BCUT2D eigenvalue weighted by Crippen LogP contribution is 2.22. The van der Waals surface area contributed by atoms with Crippen LogP contribution in [0, 0.1) is 0 Å². The maximum absolute atomic E-state index is 11.6. The summed E-state index contributed by atoms with van der Waals surface area (Å²) in [7, 11) is 0. The average molecular weight is 330 g/mol. The Hall–Kier alpha value is -3.09. The van der Waals surface area contributed by atoms with E-state index in [1.165, 1.54) is 6.21 Å². The van der Waals surface area contributed by atoms with Crippen LogP contribution >= 0.6 is 0 Å². The monoisotopic (exact) mass is 330 g/mol. The summed E-state index contributed by atoms with van der Waals surface area (Å²) < 4.78 is 15.2. The number of ether oxygens (including phenoxy) is 2. The summed E-state index contributed by atoms with van der Waals surface area (Å²) in [5, 5.41) is 3.72. The van der Waals surface area contributed by atoms with Crippen LogP contribution in [0.25, 0.3) is 11.3 Å². The number of amides is 1. The molecule has 1 aromatic carbocycles. The molecule has 0 aliphatic rings. The lowest BCUT2D eigenvalue weighted by atomic mass is 10.1. The van der Waals surface area contributed by atoms with E-state index in [4.69, 9.17) is 9.15 Å². The standard InChI is InChI=1S/C17H18N2O5/c1-3-22-16(20)13-7-5-12(6-8-13)15-10-9-14(24-15)11-18-19-17(21)23-4-2/h5-11H,3-4H2,1-2H3,(H,19,21)/b18-11+. The van der Waals surface area contributed by atoms with Crippen molar-refractivity contribution in [2.45, 2.75) is 13.8 Å². The third-order valence-corrected chi connectivity index (χ3v) is 2.93. The van der Waals surface area contributed by atoms with E-state index in [1.54, 1.807) is 50.2 Å². The van der Waals surface area contributed by atoms with Gasteiger partial charge in [-0.15, -0.1) is 0 Å². The second-order valence-corrected chi connectivity index (χ2v) is 4.59. The maximum atomic E-state index is 11.6. The zero-order valence-corrected chi connectivity index (χ0v) is 13.4. The van der Waals surface area contributed by atoms with E-state index in [-0.39, 0.29) is 12.6 Å². The highest BCUT2D eigenvalue weighted by atomic mass is 16.6. The van der Waals surface area contributed by atoms with Gasteiger partial charge >= 0.3 is 12.1 Å². The van der Waals surface area contributed by atoms with Crippen LogP contribution in [0.3, 0.4) is 0 Å². The summed E-state index contributed by atoms with van der Waals surface area (Å²) in [5.41, 5.74) is 3.50. The molecule has 0 saturated carbocycles. The Bertz CT molecular complexity index is 719. The van der Waals surface area contributed by atoms with Crippen LogP contribution in [-0.2, 0) is 9.47 Å². The first-order chi connectivity index (χ1) is 11.6. The van der Waals surface area contributed by atoms with Crippen molar-refractivity contribution in [3.05, 3.63) is 47.7 Å². The molecular formula is C17H18N2O5. The fraction of sp³-hybridized carbons (Fsp3) is 0.235. The molecule has 1 amide bonds. The summed E-state index contributed by atoms with van der Waals surface area (Å²) in [4.78, 5) is 22.7. The molecule has 126 valence electrons. The van der Waals surface area contributed by atoms with Crippen molar-refractivity contribution in [2.24, 2.45) is 5.10 Å². The fourth-order valence-electron chi connectivity index (χ4n) is 1.87. The topological polar surface area (TPSA) is 90.1 Å². The van der Waals surface area contributed by atoms with Gasteiger partial charge in [-0.2, -0.15) is 5.10 Å². The Labute approximate surface area is 139 Å². The van der Waals surface area contributed by atoms with Crippen LogP contribution in [0.4, 0.5) is 4.79 Å². The summed E-state index contributed by atoms with van der Waals surface area (Å²) in [6, 6.07) is 10.4. The maximum Gasteiger partial charge on any atom is 0.427 e. The molecular weight excluding hydrogens is 312 g/mol. The molecule has 0 unspecified atom stereocenters. The van der Waals surface area contributed by atoms with E-state index in [2.05, 4.69) is 15.3 Å². The molecule has 0 spiro atoms. The highest BCUT2D eigenvalue weighted by Gasteiger charge is 2.08. The van der Waals surface area contributed by atoms with E-state index < -0.39 is 6.09 Å². The second kappa shape index (κ2) is 8.52. The van der Waals surface area contributed by atoms with Crippen LogP contribution < -0.4 is 5.43 Å². The Kier molecular flexibility index (Phi) is 6.13. The number of carbonyl (C=O) groups is 2. The number of rotatable bonds is 6. The molecule has 0 fully saturated rings. The van der Waals surface area contributed by atoms with Crippen molar-refractivity contribution in [3.63, 3.8) is 0 Å². The van der Waals surface area contributed by atoms with Gasteiger partial charge in [-0.25, -0.2) is 15.0 Å². The average Bonchev–Trinajstić information content (AvgIpc) is 3.04. The third kappa shape index (κ3) is 4.70. The normalized spacial score (nSPS) is 10.6. The van der Waals surface area contributed by atoms with E-state index in [9.17, 15) is 9.59 Å². The van der Waals surface area contributed by atoms with E-state index >= 15 is 0 Å². The van der Waals surface area contributed by atoms with Crippen molar-refractivity contribution in [1.29, 1.82) is 0 Å². The van der Waals surface area contributed by atoms with E-state index in [1.807, 2.05) is 0 Å². The molecule has 0 atom stereocenters. The van der Waals surface area contributed by atoms with Crippen molar-refractivity contribution in [2.75, 3.05) is 13.2 Å². The van der Waals surface area contributed by atoms with Crippen molar-refractivity contribution < 1.29 is 23.5 Å². The van der Waals surface area contributed by atoms with Gasteiger partial charge in [-0.1, -0.05) is 12.1 Å². The van der Waals surface area contributed by atoms with Gasteiger partial charge in [0.1, 0.15) is 11.5 Å². The number of hydrogen-bond donors (Lipinski definition) is 1. The molecule has 0 aliphatic carbocycles. The molecule has 1 aromatic heterocycles. The number of hydrazone groups is 1. The molecule has 0 radical (unpaired) electrons. The minimum atomic E-state index is -0.630. The van der Waals surface area contributed by atoms with Crippen molar-refractivity contribution in [1.82, 2.24) is 5.43 Å². The molecule has 0 saturated heterocycles. The smallest absolute Gasteiger partial charge is 0.427 e. The first-order valence-electron chi connectivity index (χ1n) is 7.47. The molecule has 2 rings (SSSR count). The molecule has 2 aromatic rings. The quantitative estimate of drug-likeness (QED) is 0.499.